The van der Waals surface area contributed by atoms with Gasteiger partial charge in [0.1, 0.15) is 29.4 Å². The van der Waals surface area contributed by atoms with Crippen LogP contribution in [0.3, 0.4) is 0 Å². The third-order valence-corrected chi connectivity index (χ3v) is 6.02. The first kappa shape index (κ1) is 21.7. The van der Waals surface area contributed by atoms with Gasteiger partial charge in [-0.15, -0.1) is 0 Å². The fraction of sp³-hybridized carbons (Fsp3) is 0.435. The van der Waals surface area contributed by atoms with Gasteiger partial charge < -0.3 is 19.7 Å². The minimum atomic E-state index is -0.666. The maximum Gasteiger partial charge on any atom is 0.257 e. The van der Waals surface area contributed by atoms with Crippen molar-refractivity contribution in [2.75, 3.05) is 5.32 Å². The van der Waals surface area contributed by atoms with Crippen molar-refractivity contribution < 1.29 is 18.6 Å². The fourth-order valence-corrected chi connectivity index (χ4v) is 4.31. The molecule has 0 saturated heterocycles. The topological polar surface area (TPSA) is 123 Å². The van der Waals surface area contributed by atoms with Crippen LogP contribution < -0.4 is 10.6 Å². The monoisotopic (exact) mass is 437 g/mol. The van der Waals surface area contributed by atoms with Crippen LogP contribution in [0.5, 0.6) is 0 Å². The molecule has 1 aliphatic rings. The van der Waals surface area contributed by atoms with Gasteiger partial charge in [-0.25, -0.2) is 4.98 Å². The molecule has 0 spiro atoms. The summed E-state index contributed by atoms with van der Waals surface area (Å²) in [4.78, 5) is 30.3. The summed E-state index contributed by atoms with van der Waals surface area (Å²) >= 11 is 0. The number of anilines is 1. The molecule has 0 aromatic carbocycles. The van der Waals surface area contributed by atoms with E-state index in [4.69, 9.17) is 9.05 Å². The maximum atomic E-state index is 13.2. The van der Waals surface area contributed by atoms with E-state index in [0.29, 0.717) is 22.8 Å². The Morgan fingerprint density at radius 2 is 1.84 bits per heavy atom. The average Bonchev–Trinajstić information content (AvgIpc) is 3.37. The van der Waals surface area contributed by atoms with E-state index in [-0.39, 0.29) is 17.7 Å². The van der Waals surface area contributed by atoms with Crippen molar-refractivity contribution in [1.29, 1.82) is 0 Å². The van der Waals surface area contributed by atoms with Gasteiger partial charge in [0.15, 0.2) is 0 Å². The molecule has 1 aliphatic carbocycles. The Kier molecular flexibility index (Phi) is 6.34. The molecule has 9 heteroatoms. The van der Waals surface area contributed by atoms with Crippen molar-refractivity contribution in [3.63, 3.8) is 0 Å². The normalized spacial score (nSPS) is 15.3. The number of aryl methyl sites for hydroxylation is 3. The Labute approximate surface area is 185 Å². The number of carbonyl (C=O) groups excluding carboxylic acids is 2. The molecule has 168 valence electrons. The van der Waals surface area contributed by atoms with Gasteiger partial charge in [-0.1, -0.05) is 29.6 Å². The second-order valence-corrected chi connectivity index (χ2v) is 8.28. The molecule has 1 fully saturated rings. The summed E-state index contributed by atoms with van der Waals surface area (Å²) in [7, 11) is 0. The van der Waals surface area contributed by atoms with Gasteiger partial charge in [0.05, 0.1) is 11.4 Å². The van der Waals surface area contributed by atoms with Gasteiger partial charge in [-0.3, -0.25) is 9.59 Å². The van der Waals surface area contributed by atoms with E-state index in [9.17, 15) is 9.59 Å². The van der Waals surface area contributed by atoms with Crippen molar-refractivity contribution in [1.82, 2.24) is 20.6 Å². The zero-order chi connectivity index (χ0) is 22.7. The Bertz CT molecular complexity index is 1080. The van der Waals surface area contributed by atoms with Crippen LogP contribution in [0.15, 0.2) is 33.6 Å². The van der Waals surface area contributed by atoms with Gasteiger partial charge >= 0.3 is 0 Å². The van der Waals surface area contributed by atoms with Crippen LogP contribution >= 0.6 is 0 Å². The largest absolute Gasteiger partial charge is 0.364 e. The molecule has 4 rings (SSSR count). The summed E-state index contributed by atoms with van der Waals surface area (Å²) in [5.41, 5.74) is 3.36. The van der Waals surface area contributed by atoms with E-state index < -0.39 is 6.04 Å². The van der Waals surface area contributed by atoms with E-state index in [1.54, 1.807) is 19.2 Å². The Hall–Kier alpha value is -3.49. The average molecular weight is 438 g/mol. The molecule has 3 heterocycles. The number of aromatic nitrogens is 3. The van der Waals surface area contributed by atoms with Crippen molar-refractivity contribution in [2.24, 2.45) is 5.92 Å². The highest BCUT2D eigenvalue weighted by Gasteiger charge is 2.32. The third-order valence-electron chi connectivity index (χ3n) is 6.02. The summed E-state index contributed by atoms with van der Waals surface area (Å²) in [6.45, 7) is 5.41. The molecule has 3 aromatic rings. The summed E-state index contributed by atoms with van der Waals surface area (Å²) in [6, 6.07) is 2.94. The summed E-state index contributed by atoms with van der Waals surface area (Å²) in [5, 5.41) is 13.5. The molecule has 1 saturated carbocycles. The molecular weight excluding hydrogens is 410 g/mol. The van der Waals surface area contributed by atoms with E-state index >= 15 is 0 Å². The lowest BCUT2D eigenvalue weighted by Gasteiger charge is -2.29. The summed E-state index contributed by atoms with van der Waals surface area (Å²) in [6.07, 6.45) is 7.99. The van der Waals surface area contributed by atoms with Crippen LogP contribution in [-0.4, -0.2) is 33.2 Å². The van der Waals surface area contributed by atoms with Crippen molar-refractivity contribution in [3.05, 3.63) is 47.3 Å². The number of amides is 2. The van der Waals surface area contributed by atoms with Crippen LogP contribution in [-0.2, 0) is 4.79 Å². The first-order valence-corrected chi connectivity index (χ1v) is 10.9. The van der Waals surface area contributed by atoms with Gasteiger partial charge in [0, 0.05) is 17.3 Å². The highest BCUT2D eigenvalue weighted by molar-refractivity contribution is 6.01. The lowest BCUT2D eigenvalue weighted by molar-refractivity contribution is -0.119. The minimum absolute atomic E-state index is 0.0643. The first-order valence-electron chi connectivity index (χ1n) is 10.9. The van der Waals surface area contributed by atoms with Crippen molar-refractivity contribution >= 4 is 17.6 Å². The lowest BCUT2D eigenvalue weighted by Crippen LogP contribution is -2.49. The second kappa shape index (κ2) is 9.33. The predicted molar refractivity (Wildman–Crippen MR) is 117 cm³/mol. The van der Waals surface area contributed by atoms with Crippen LogP contribution in [0, 0.1) is 26.7 Å². The van der Waals surface area contributed by atoms with Crippen LogP contribution in [0.1, 0.15) is 59.6 Å². The fourth-order valence-electron chi connectivity index (χ4n) is 4.31. The van der Waals surface area contributed by atoms with Crippen LogP contribution in [0.4, 0.5) is 5.82 Å². The molecule has 2 amide bonds. The van der Waals surface area contributed by atoms with Crippen molar-refractivity contribution in [3.8, 4) is 11.1 Å². The van der Waals surface area contributed by atoms with Crippen LogP contribution in [0.2, 0.25) is 0 Å². The number of hydrogen-bond acceptors (Lipinski definition) is 7. The Balaban J connectivity index is 1.50. The first-order chi connectivity index (χ1) is 15.4. The van der Waals surface area contributed by atoms with Gasteiger partial charge in [0.2, 0.25) is 5.91 Å². The summed E-state index contributed by atoms with van der Waals surface area (Å²) in [5.74, 6) is 0.550. The Morgan fingerprint density at radius 3 is 2.44 bits per heavy atom. The van der Waals surface area contributed by atoms with Crippen molar-refractivity contribution in [2.45, 2.75) is 58.9 Å². The van der Waals surface area contributed by atoms with E-state index in [2.05, 4.69) is 25.9 Å². The highest BCUT2D eigenvalue weighted by atomic mass is 16.5. The maximum absolute atomic E-state index is 13.2. The minimum Gasteiger partial charge on any atom is -0.364 e. The molecule has 0 bridgehead atoms. The zero-order valence-corrected chi connectivity index (χ0v) is 18.5. The van der Waals surface area contributed by atoms with E-state index in [1.165, 1.54) is 6.26 Å². The number of pyridine rings is 1. The summed E-state index contributed by atoms with van der Waals surface area (Å²) < 4.78 is 10.1. The zero-order valence-electron chi connectivity index (χ0n) is 18.5. The molecule has 1 atom stereocenters. The van der Waals surface area contributed by atoms with Gasteiger partial charge in [0.25, 0.3) is 5.91 Å². The second-order valence-electron chi connectivity index (χ2n) is 8.28. The Morgan fingerprint density at radius 1 is 1.06 bits per heavy atom. The highest BCUT2D eigenvalue weighted by Crippen LogP contribution is 2.29. The van der Waals surface area contributed by atoms with Gasteiger partial charge in [-0.2, -0.15) is 0 Å². The molecule has 9 nitrogen and oxygen atoms in total. The molecule has 2 N–H and O–H groups in total. The predicted octanol–water partition coefficient (Wildman–Crippen LogP) is 3.97. The molecule has 0 radical (unpaired) electrons. The number of nitrogens with one attached hydrogen (secondary N) is 2. The molecular formula is C23H27N5O4. The third kappa shape index (κ3) is 4.56. The molecule has 32 heavy (non-hydrogen) atoms. The number of hydrogen-bond donors (Lipinski definition) is 2. The number of rotatable bonds is 6. The SMILES string of the molecule is Cc1nocc1C(=O)N[C@H](C(=O)Nc1ccc(-c2c(C)noc2C)cn1)C1CCCCC1. The smallest absolute Gasteiger partial charge is 0.257 e. The van der Waals surface area contributed by atoms with E-state index in [0.717, 1.165) is 48.9 Å². The van der Waals surface area contributed by atoms with E-state index in [1.807, 2.05) is 19.9 Å². The quantitative estimate of drug-likeness (QED) is 0.598. The molecule has 3 aromatic heterocycles. The molecule has 0 aliphatic heterocycles. The number of carbonyl (C=O) groups is 2. The van der Waals surface area contributed by atoms with Crippen LogP contribution in [0.25, 0.3) is 11.1 Å². The lowest BCUT2D eigenvalue weighted by atomic mass is 9.83. The standard InChI is InChI=1S/C23H27N5O4/c1-13-18(12-31-27-13)22(29)26-21(16-7-5-4-6-8-16)23(30)25-19-10-9-17(11-24-19)20-14(2)28-32-15(20)3/h9-12,16,21H,4-8H2,1-3H3,(H,26,29)(H,24,25,30)/t21-/m0/s1. The molecule has 0 unspecified atom stereocenters. The number of nitrogens with zero attached hydrogens (tertiary/aromatic N) is 3. The van der Waals surface area contributed by atoms with Gasteiger partial charge in [-0.05, 0) is 51.7 Å².